The second-order valence-corrected chi connectivity index (χ2v) is 9.18. The van der Waals surface area contributed by atoms with Crippen LogP contribution in [0.5, 0.6) is 0 Å². The number of carbonyl (C=O) groups excluding carboxylic acids is 1. The molecule has 0 saturated carbocycles. The molecule has 5 rings (SSSR count). The largest absolute Gasteiger partial charge is 0.456 e. The first-order chi connectivity index (χ1) is 15.5. The Morgan fingerprint density at radius 2 is 1.44 bits per heavy atom. The van der Waals surface area contributed by atoms with Gasteiger partial charge in [0.15, 0.2) is 5.78 Å². The second-order valence-electron chi connectivity index (χ2n) is 7.49. The van der Waals surface area contributed by atoms with Gasteiger partial charge in [0.1, 0.15) is 11.2 Å². The van der Waals surface area contributed by atoms with Crippen molar-refractivity contribution < 1.29 is 17.6 Å². The minimum atomic E-state index is -3.92. The van der Waals surface area contributed by atoms with Crippen LogP contribution in [-0.4, -0.2) is 14.2 Å². The summed E-state index contributed by atoms with van der Waals surface area (Å²) in [5, 5.41) is 1.56. The highest BCUT2D eigenvalue weighted by Gasteiger charge is 2.20. The van der Waals surface area contributed by atoms with E-state index < -0.39 is 10.0 Å². The van der Waals surface area contributed by atoms with Crippen molar-refractivity contribution in [2.45, 2.75) is 11.3 Å². The van der Waals surface area contributed by atoms with E-state index in [-0.39, 0.29) is 22.8 Å². The molecule has 0 amide bonds. The number of anilines is 1. The molecule has 0 radical (unpaired) electrons. The second kappa shape index (κ2) is 7.98. The third kappa shape index (κ3) is 3.76. The van der Waals surface area contributed by atoms with E-state index in [4.69, 9.17) is 4.42 Å². The van der Waals surface area contributed by atoms with Gasteiger partial charge >= 0.3 is 0 Å². The fraction of sp³-hybridized carbons (Fsp3) is 0.0385. The first-order valence-corrected chi connectivity index (χ1v) is 11.6. The fourth-order valence-electron chi connectivity index (χ4n) is 3.77. The van der Waals surface area contributed by atoms with Crippen LogP contribution in [0.2, 0.25) is 0 Å². The molecule has 1 N–H and O–H groups in total. The van der Waals surface area contributed by atoms with E-state index in [9.17, 15) is 13.2 Å². The van der Waals surface area contributed by atoms with Crippen LogP contribution in [0.1, 0.15) is 15.9 Å². The van der Waals surface area contributed by atoms with Gasteiger partial charge in [-0.05, 0) is 42.0 Å². The lowest BCUT2D eigenvalue weighted by molar-refractivity contribution is 0.0994. The highest BCUT2D eigenvalue weighted by Crippen LogP contribution is 2.31. The van der Waals surface area contributed by atoms with Crippen LogP contribution >= 0.6 is 0 Å². The van der Waals surface area contributed by atoms with Gasteiger partial charge in [-0.3, -0.25) is 9.52 Å². The molecule has 6 heteroatoms. The maximum atomic E-state index is 13.2. The lowest BCUT2D eigenvalue weighted by Crippen LogP contribution is -2.16. The zero-order chi connectivity index (χ0) is 22.1. The number of benzene rings is 4. The Balaban J connectivity index is 1.49. The molecule has 0 aliphatic carbocycles. The highest BCUT2D eigenvalue weighted by molar-refractivity contribution is 7.92. The topological polar surface area (TPSA) is 76.4 Å². The molecule has 5 nitrogen and oxygen atoms in total. The van der Waals surface area contributed by atoms with E-state index in [0.717, 1.165) is 16.3 Å². The summed E-state index contributed by atoms with van der Waals surface area (Å²) in [5.74, 6) is -0.161. The molecule has 0 saturated heterocycles. The standard InChI is InChI=1S/C26H19NO4S/c28-24(16-18-8-2-1-3-9-18)21-11-4-6-12-23(21)27-32(29,30)19-14-15-26-22(17-19)20-10-5-7-13-25(20)31-26/h1-15,17,27H,16H2. The predicted octanol–water partition coefficient (Wildman–Crippen LogP) is 5.81. The van der Waals surface area contributed by atoms with Gasteiger partial charge in [0, 0.05) is 22.8 Å². The molecule has 0 bridgehead atoms. The molecule has 4 aromatic carbocycles. The maximum Gasteiger partial charge on any atom is 0.261 e. The van der Waals surface area contributed by atoms with Crippen LogP contribution in [-0.2, 0) is 16.4 Å². The van der Waals surface area contributed by atoms with Crippen molar-refractivity contribution >= 4 is 43.4 Å². The Labute approximate surface area is 185 Å². The number of ketones is 1. The number of Topliss-reactive ketones (excluding diaryl/α,β-unsaturated/α-hetero) is 1. The normalized spacial score (nSPS) is 11.6. The Morgan fingerprint density at radius 1 is 0.750 bits per heavy atom. The first kappa shape index (κ1) is 20.0. The Morgan fingerprint density at radius 3 is 2.28 bits per heavy atom. The van der Waals surface area contributed by atoms with Crippen molar-refractivity contribution in [1.29, 1.82) is 0 Å². The summed E-state index contributed by atoms with van der Waals surface area (Å²) in [6, 6.07) is 28.2. The first-order valence-electron chi connectivity index (χ1n) is 10.1. The molecule has 1 heterocycles. The SMILES string of the molecule is O=C(Cc1ccccc1)c1ccccc1NS(=O)(=O)c1ccc2oc3ccccc3c2c1. The quantitative estimate of drug-likeness (QED) is 0.337. The molecule has 0 fully saturated rings. The zero-order valence-corrected chi connectivity index (χ0v) is 17.8. The molecule has 0 atom stereocenters. The average molecular weight is 442 g/mol. The fourth-order valence-corrected chi connectivity index (χ4v) is 4.87. The Hall–Kier alpha value is -3.90. The van der Waals surface area contributed by atoms with Gasteiger partial charge in [-0.15, -0.1) is 0 Å². The maximum absolute atomic E-state index is 13.2. The van der Waals surface area contributed by atoms with E-state index in [1.54, 1.807) is 36.4 Å². The average Bonchev–Trinajstić information content (AvgIpc) is 3.18. The van der Waals surface area contributed by atoms with E-state index in [0.29, 0.717) is 16.7 Å². The van der Waals surface area contributed by atoms with Crippen molar-refractivity contribution in [1.82, 2.24) is 0 Å². The third-order valence-electron chi connectivity index (χ3n) is 5.34. The van der Waals surface area contributed by atoms with E-state index >= 15 is 0 Å². The molecule has 1 aromatic heterocycles. The van der Waals surface area contributed by atoms with Crippen LogP contribution in [0.3, 0.4) is 0 Å². The van der Waals surface area contributed by atoms with E-state index in [2.05, 4.69) is 4.72 Å². The minimum Gasteiger partial charge on any atom is -0.456 e. The van der Waals surface area contributed by atoms with Crippen LogP contribution < -0.4 is 4.72 Å². The molecular formula is C26H19NO4S. The Bertz CT molecular complexity index is 1550. The number of hydrogen-bond acceptors (Lipinski definition) is 4. The summed E-state index contributed by atoms with van der Waals surface area (Å²) in [4.78, 5) is 13.0. The third-order valence-corrected chi connectivity index (χ3v) is 6.70. The van der Waals surface area contributed by atoms with Gasteiger partial charge in [0.2, 0.25) is 0 Å². The molecular weight excluding hydrogens is 422 g/mol. The molecule has 5 aromatic rings. The van der Waals surface area contributed by atoms with E-state index in [1.165, 1.54) is 6.07 Å². The van der Waals surface area contributed by atoms with Crippen LogP contribution in [0.15, 0.2) is 106 Å². The summed E-state index contributed by atoms with van der Waals surface area (Å²) < 4.78 is 34.7. The van der Waals surface area contributed by atoms with Gasteiger partial charge in [0.05, 0.1) is 10.6 Å². The number of hydrogen-bond donors (Lipinski definition) is 1. The summed E-state index contributed by atoms with van der Waals surface area (Å²) >= 11 is 0. The molecule has 0 aliphatic rings. The van der Waals surface area contributed by atoms with Crippen LogP contribution in [0, 0.1) is 0 Å². The summed E-state index contributed by atoms with van der Waals surface area (Å²) in [6.45, 7) is 0. The predicted molar refractivity (Wildman–Crippen MR) is 125 cm³/mol. The summed E-state index contributed by atoms with van der Waals surface area (Å²) in [6.07, 6.45) is 0.187. The number of rotatable bonds is 6. The monoisotopic (exact) mass is 441 g/mol. The lowest BCUT2D eigenvalue weighted by atomic mass is 10.0. The summed E-state index contributed by atoms with van der Waals surface area (Å²) in [7, 11) is -3.92. The molecule has 158 valence electrons. The van der Waals surface area contributed by atoms with Crippen molar-refractivity contribution in [3.63, 3.8) is 0 Å². The minimum absolute atomic E-state index is 0.0989. The van der Waals surface area contributed by atoms with Gasteiger partial charge in [0.25, 0.3) is 10.0 Å². The number of para-hydroxylation sites is 2. The zero-order valence-electron chi connectivity index (χ0n) is 17.0. The molecule has 0 unspecified atom stereocenters. The van der Waals surface area contributed by atoms with Crippen LogP contribution in [0.25, 0.3) is 21.9 Å². The van der Waals surface area contributed by atoms with Crippen molar-refractivity contribution in [2.75, 3.05) is 4.72 Å². The van der Waals surface area contributed by atoms with Crippen molar-refractivity contribution in [2.24, 2.45) is 0 Å². The molecule has 32 heavy (non-hydrogen) atoms. The van der Waals surface area contributed by atoms with Crippen molar-refractivity contribution in [3.8, 4) is 0 Å². The number of fused-ring (bicyclic) bond motifs is 3. The van der Waals surface area contributed by atoms with Gasteiger partial charge < -0.3 is 4.42 Å². The number of sulfonamides is 1. The van der Waals surface area contributed by atoms with Crippen molar-refractivity contribution in [3.05, 3.63) is 108 Å². The number of nitrogens with one attached hydrogen (secondary N) is 1. The summed E-state index contributed by atoms with van der Waals surface area (Å²) in [5.41, 5.74) is 2.76. The molecule has 0 aliphatic heterocycles. The van der Waals surface area contributed by atoms with E-state index in [1.807, 2.05) is 54.6 Å². The van der Waals surface area contributed by atoms with Gasteiger partial charge in [-0.2, -0.15) is 0 Å². The highest BCUT2D eigenvalue weighted by atomic mass is 32.2. The smallest absolute Gasteiger partial charge is 0.261 e. The molecule has 0 spiro atoms. The lowest BCUT2D eigenvalue weighted by Gasteiger charge is -2.12. The Kier molecular flexibility index (Phi) is 4.99. The number of furan rings is 1. The van der Waals surface area contributed by atoms with Gasteiger partial charge in [-0.25, -0.2) is 8.42 Å². The van der Waals surface area contributed by atoms with Gasteiger partial charge in [-0.1, -0.05) is 60.7 Å². The van der Waals surface area contributed by atoms with Crippen LogP contribution in [0.4, 0.5) is 5.69 Å². The number of carbonyl (C=O) groups is 1.